The van der Waals surface area contributed by atoms with Gasteiger partial charge >= 0.3 is 0 Å². The summed E-state index contributed by atoms with van der Waals surface area (Å²) in [5.41, 5.74) is 2.88. The molecule has 0 amide bonds. The third kappa shape index (κ3) is 4.02. The van der Waals surface area contributed by atoms with Gasteiger partial charge in [0.05, 0.1) is 5.02 Å². The first kappa shape index (κ1) is 15.9. The number of benzene rings is 1. The predicted octanol–water partition coefficient (Wildman–Crippen LogP) is 4.47. The molecule has 1 unspecified atom stereocenters. The van der Waals surface area contributed by atoms with E-state index in [2.05, 4.69) is 17.2 Å². The summed E-state index contributed by atoms with van der Waals surface area (Å²) in [5.74, 6) is -0.330. The zero-order valence-electron chi connectivity index (χ0n) is 12.4. The van der Waals surface area contributed by atoms with E-state index in [-0.39, 0.29) is 16.9 Å². The summed E-state index contributed by atoms with van der Waals surface area (Å²) in [7, 11) is 0. The molecule has 1 heterocycles. The number of hydrogen-bond donors (Lipinski definition) is 1. The van der Waals surface area contributed by atoms with Gasteiger partial charge in [0.15, 0.2) is 0 Å². The number of pyridine rings is 1. The molecule has 0 saturated heterocycles. The maximum atomic E-state index is 14.1. The van der Waals surface area contributed by atoms with Gasteiger partial charge < -0.3 is 5.32 Å². The highest BCUT2D eigenvalue weighted by molar-refractivity contribution is 6.30. The van der Waals surface area contributed by atoms with Crippen molar-refractivity contribution in [2.24, 2.45) is 0 Å². The fourth-order valence-corrected chi connectivity index (χ4v) is 2.57. The Morgan fingerprint density at radius 1 is 1.33 bits per heavy atom. The summed E-state index contributed by atoms with van der Waals surface area (Å²) >= 11 is 5.87. The number of hydrogen-bond acceptors (Lipinski definition) is 2. The van der Waals surface area contributed by atoms with E-state index in [1.54, 1.807) is 24.4 Å². The molecule has 0 aliphatic heterocycles. The minimum absolute atomic E-state index is 0.0339. The molecule has 112 valence electrons. The first-order valence-electron chi connectivity index (χ1n) is 7.20. The normalized spacial score (nSPS) is 12.4. The summed E-state index contributed by atoms with van der Waals surface area (Å²) < 4.78 is 14.1. The van der Waals surface area contributed by atoms with Gasteiger partial charge in [-0.1, -0.05) is 30.7 Å². The summed E-state index contributed by atoms with van der Waals surface area (Å²) in [6.07, 6.45) is 5.20. The van der Waals surface area contributed by atoms with Gasteiger partial charge in [0.25, 0.3) is 0 Å². The third-order valence-corrected chi connectivity index (χ3v) is 3.84. The van der Waals surface area contributed by atoms with E-state index in [0.717, 1.165) is 24.1 Å². The van der Waals surface area contributed by atoms with Gasteiger partial charge in [0, 0.05) is 18.4 Å². The van der Waals surface area contributed by atoms with Crippen molar-refractivity contribution in [3.05, 3.63) is 64.2 Å². The van der Waals surface area contributed by atoms with Crippen LogP contribution < -0.4 is 5.32 Å². The molecule has 1 aromatic heterocycles. The average Bonchev–Trinajstić information content (AvgIpc) is 2.48. The first-order chi connectivity index (χ1) is 10.1. The monoisotopic (exact) mass is 306 g/mol. The fourth-order valence-electron chi connectivity index (χ4n) is 2.38. The molecule has 0 saturated carbocycles. The topological polar surface area (TPSA) is 24.9 Å². The van der Waals surface area contributed by atoms with E-state index >= 15 is 0 Å². The second-order valence-corrected chi connectivity index (χ2v) is 5.56. The van der Waals surface area contributed by atoms with Crippen molar-refractivity contribution < 1.29 is 4.39 Å². The smallest absolute Gasteiger partial charge is 0.145 e. The lowest BCUT2D eigenvalue weighted by atomic mass is 9.96. The number of rotatable bonds is 6. The van der Waals surface area contributed by atoms with Crippen molar-refractivity contribution in [3.8, 4) is 0 Å². The first-order valence-corrected chi connectivity index (χ1v) is 7.58. The molecular formula is C17H20ClFN2. The van der Waals surface area contributed by atoms with Gasteiger partial charge in [0.1, 0.15) is 5.82 Å². The van der Waals surface area contributed by atoms with Crippen LogP contribution in [0.2, 0.25) is 5.02 Å². The minimum atomic E-state index is -0.330. The van der Waals surface area contributed by atoms with Gasteiger partial charge in [-0.2, -0.15) is 0 Å². The Labute approximate surface area is 130 Å². The van der Waals surface area contributed by atoms with Crippen molar-refractivity contribution >= 4 is 11.6 Å². The Hall–Kier alpha value is -1.45. The average molecular weight is 307 g/mol. The van der Waals surface area contributed by atoms with Gasteiger partial charge in [-0.05, 0) is 55.1 Å². The maximum absolute atomic E-state index is 14.1. The van der Waals surface area contributed by atoms with Gasteiger partial charge in [-0.25, -0.2) is 4.39 Å². The molecule has 0 aliphatic rings. The van der Waals surface area contributed by atoms with Crippen molar-refractivity contribution in [1.82, 2.24) is 10.3 Å². The summed E-state index contributed by atoms with van der Waals surface area (Å²) in [4.78, 5) is 4.20. The van der Waals surface area contributed by atoms with Crippen LogP contribution in [0.5, 0.6) is 0 Å². The Morgan fingerprint density at radius 3 is 2.86 bits per heavy atom. The van der Waals surface area contributed by atoms with Gasteiger partial charge in [-0.15, -0.1) is 0 Å². The number of nitrogens with zero attached hydrogens (tertiary/aromatic N) is 1. The molecule has 1 N–H and O–H groups in total. The van der Waals surface area contributed by atoms with Crippen LogP contribution in [0.25, 0.3) is 0 Å². The second kappa shape index (κ2) is 7.53. The third-order valence-electron chi connectivity index (χ3n) is 3.55. The SMILES string of the molecule is CCCNC(Cc1cccc(Cl)c1F)c1cnccc1C. The molecule has 0 radical (unpaired) electrons. The number of nitrogens with one attached hydrogen (secondary N) is 1. The molecule has 2 nitrogen and oxygen atoms in total. The zero-order chi connectivity index (χ0) is 15.2. The minimum Gasteiger partial charge on any atom is -0.310 e. The Kier molecular flexibility index (Phi) is 5.71. The summed E-state index contributed by atoms with van der Waals surface area (Å²) in [6.45, 7) is 5.04. The highest BCUT2D eigenvalue weighted by Gasteiger charge is 2.17. The van der Waals surface area contributed by atoms with E-state index in [1.807, 2.05) is 19.2 Å². The number of aromatic nitrogens is 1. The highest BCUT2D eigenvalue weighted by atomic mass is 35.5. The Bertz CT molecular complexity index is 601. The number of aryl methyl sites for hydroxylation is 1. The zero-order valence-corrected chi connectivity index (χ0v) is 13.1. The maximum Gasteiger partial charge on any atom is 0.145 e. The van der Waals surface area contributed by atoms with Crippen molar-refractivity contribution in [2.75, 3.05) is 6.54 Å². The predicted molar refractivity (Wildman–Crippen MR) is 85.1 cm³/mol. The van der Waals surface area contributed by atoms with Crippen molar-refractivity contribution in [1.29, 1.82) is 0 Å². The molecule has 1 atom stereocenters. The molecule has 1 aromatic carbocycles. The fraction of sp³-hybridized carbons (Fsp3) is 0.353. The molecule has 4 heteroatoms. The molecule has 0 bridgehead atoms. The largest absolute Gasteiger partial charge is 0.310 e. The van der Waals surface area contributed by atoms with Gasteiger partial charge in [0.2, 0.25) is 0 Å². The van der Waals surface area contributed by atoms with Crippen LogP contribution in [0.4, 0.5) is 4.39 Å². The lowest BCUT2D eigenvalue weighted by molar-refractivity contribution is 0.510. The molecule has 0 fully saturated rings. The van der Waals surface area contributed by atoms with Crippen LogP contribution in [0.1, 0.15) is 36.1 Å². The standard InChI is InChI=1S/C17H20ClFN2/c1-3-8-21-16(14-11-20-9-7-12(14)2)10-13-5-4-6-15(18)17(13)19/h4-7,9,11,16,21H,3,8,10H2,1-2H3. The summed E-state index contributed by atoms with van der Waals surface area (Å²) in [5, 5.41) is 3.64. The van der Waals surface area contributed by atoms with E-state index in [4.69, 9.17) is 11.6 Å². The highest BCUT2D eigenvalue weighted by Crippen LogP contribution is 2.25. The number of halogens is 2. The van der Waals surface area contributed by atoms with Crippen LogP contribution in [0.15, 0.2) is 36.7 Å². The molecular weight excluding hydrogens is 287 g/mol. The van der Waals surface area contributed by atoms with Crippen molar-refractivity contribution in [3.63, 3.8) is 0 Å². The quantitative estimate of drug-likeness (QED) is 0.852. The van der Waals surface area contributed by atoms with Crippen LogP contribution in [-0.2, 0) is 6.42 Å². The van der Waals surface area contributed by atoms with E-state index in [1.165, 1.54) is 0 Å². The van der Waals surface area contributed by atoms with Crippen molar-refractivity contribution in [2.45, 2.75) is 32.7 Å². The molecule has 2 aromatic rings. The van der Waals surface area contributed by atoms with Gasteiger partial charge in [-0.3, -0.25) is 4.98 Å². The van der Waals surface area contributed by atoms with E-state index in [9.17, 15) is 4.39 Å². The molecule has 2 rings (SSSR count). The Balaban J connectivity index is 2.28. The van der Waals surface area contributed by atoms with Crippen LogP contribution in [-0.4, -0.2) is 11.5 Å². The molecule has 0 spiro atoms. The van der Waals surface area contributed by atoms with E-state index in [0.29, 0.717) is 12.0 Å². The summed E-state index contributed by atoms with van der Waals surface area (Å²) in [6, 6.07) is 7.15. The molecule has 21 heavy (non-hydrogen) atoms. The van der Waals surface area contributed by atoms with Crippen LogP contribution in [0, 0.1) is 12.7 Å². The Morgan fingerprint density at radius 2 is 2.14 bits per heavy atom. The van der Waals surface area contributed by atoms with Crippen LogP contribution in [0.3, 0.4) is 0 Å². The van der Waals surface area contributed by atoms with E-state index < -0.39 is 0 Å². The van der Waals surface area contributed by atoms with Crippen LogP contribution >= 0.6 is 11.6 Å². The second-order valence-electron chi connectivity index (χ2n) is 5.16. The lowest BCUT2D eigenvalue weighted by Crippen LogP contribution is -2.25. The lowest BCUT2D eigenvalue weighted by Gasteiger charge is -2.21. The molecule has 0 aliphatic carbocycles.